The summed E-state index contributed by atoms with van der Waals surface area (Å²) in [6.07, 6.45) is 4.56. The van der Waals surface area contributed by atoms with E-state index in [9.17, 15) is 14.3 Å². The van der Waals surface area contributed by atoms with E-state index in [1.165, 1.54) is 25.3 Å². The molecule has 2 aliphatic rings. The molecule has 26 heavy (non-hydrogen) atoms. The molecule has 1 heterocycles. The van der Waals surface area contributed by atoms with Crippen LogP contribution in [0.1, 0.15) is 25.3 Å². The molecule has 0 spiro atoms. The lowest BCUT2D eigenvalue weighted by Gasteiger charge is -2.38. The molecule has 1 aromatic rings. The minimum Gasteiger partial charge on any atom is -0.504 e. The largest absolute Gasteiger partial charge is 0.504 e. The van der Waals surface area contributed by atoms with E-state index < -0.39 is 11.4 Å². The Morgan fingerprint density at radius 2 is 2.31 bits per heavy atom. The van der Waals surface area contributed by atoms with Crippen molar-refractivity contribution in [2.24, 2.45) is 11.8 Å². The molecule has 0 radical (unpaired) electrons. The van der Waals surface area contributed by atoms with Gasteiger partial charge in [0.1, 0.15) is 17.2 Å². The van der Waals surface area contributed by atoms with Gasteiger partial charge >= 0.3 is 0 Å². The number of halogens is 1. The zero-order valence-electron chi connectivity index (χ0n) is 15.0. The quantitative estimate of drug-likeness (QED) is 0.785. The number of hydrogen-bond donors (Lipinski definition) is 1. The number of phenolic OH excluding ortho intramolecular Hbond substituents is 1. The van der Waals surface area contributed by atoms with Crippen molar-refractivity contribution in [3.63, 3.8) is 0 Å². The van der Waals surface area contributed by atoms with Gasteiger partial charge in [0, 0.05) is 18.1 Å². The van der Waals surface area contributed by atoms with Crippen molar-refractivity contribution in [3.8, 4) is 11.5 Å². The molecule has 1 N–H and O–H groups in total. The van der Waals surface area contributed by atoms with Crippen LogP contribution in [0.25, 0.3) is 0 Å². The molecule has 1 aliphatic carbocycles. The maximum atomic E-state index is 14.4. The Kier molecular flexibility index (Phi) is 5.05. The highest BCUT2D eigenvalue weighted by Crippen LogP contribution is 2.46. The van der Waals surface area contributed by atoms with Gasteiger partial charge in [-0.15, -0.1) is 6.58 Å². The van der Waals surface area contributed by atoms with Crippen LogP contribution in [0, 0.1) is 17.7 Å². The Bertz CT molecular complexity index is 757. The van der Waals surface area contributed by atoms with E-state index >= 15 is 0 Å². The van der Waals surface area contributed by atoms with Crippen LogP contribution in [0.15, 0.2) is 36.6 Å². The van der Waals surface area contributed by atoms with Crippen molar-refractivity contribution >= 4 is 5.78 Å². The first kappa shape index (κ1) is 18.5. The van der Waals surface area contributed by atoms with Crippen molar-refractivity contribution in [1.29, 1.82) is 0 Å². The van der Waals surface area contributed by atoms with Crippen LogP contribution in [-0.4, -0.2) is 30.4 Å². The molecule has 0 unspecified atom stereocenters. The van der Waals surface area contributed by atoms with Gasteiger partial charge < -0.3 is 19.3 Å². The topological polar surface area (TPSA) is 65.0 Å². The zero-order chi connectivity index (χ0) is 18.9. The van der Waals surface area contributed by atoms with Crippen molar-refractivity contribution in [3.05, 3.63) is 48.0 Å². The van der Waals surface area contributed by atoms with E-state index in [1.54, 1.807) is 6.08 Å². The van der Waals surface area contributed by atoms with Crippen LogP contribution in [0.2, 0.25) is 0 Å². The van der Waals surface area contributed by atoms with Crippen molar-refractivity contribution in [1.82, 2.24) is 0 Å². The average Bonchev–Trinajstić information content (AvgIpc) is 3.02. The Balaban J connectivity index is 1.89. The fourth-order valence-electron chi connectivity index (χ4n) is 3.82. The molecule has 3 atom stereocenters. The van der Waals surface area contributed by atoms with Gasteiger partial charge in [-0.2, -0.15) is 0 Å². The van der Waals surface area contributed by atoms with Crippen LogP contribution in [0.4, 0.5) is 4.39 Å². The molecule has 1 saturated heterocycles. The average molecular weight is 362 g/mol. The van der Waals surface area contributed by atoms with Crippen molar-refractivity contribution in [2.45, 2.75) is 31.8 Å². The lowest BCUT2D eigenvalue weighted by Crippen LogP contribution is -2.45. The van der Waals surface area contributed by atoms with Gasteiger partial charge in [-0.05, 0) is 36.8 Å². The summed E-state index contributed by atoms with van der Waals surface area (Å²) in [6, 6.07) is 2.54. The highest BCUT2D eigenvalue weighted by Gasteiger charge is 2.51. The Hall–Kier alpha value is -2.34. The number of aromatic hydroxyl groups is 1. The Morgan fingerprint density at radius 1 is 1.54 bits per heavy atom. The third-order valence-electron chi connectivity index (χ3n) is 5.29. The Morgan fingerprint density at radius 3 is 3.00 bits per heavy atom. The monoisotopic (exact) mass is 362 g/mol. The number of phenols is 1. The van der Waals surface area contributed by atoms with Gasteiger partial charge in [0.2, 0.25) is 0 Å². The third-order valence-corrected chi connectivity index (χ3v) is 5.29. The molecule has 1 aromatic carbocycles. The number of methoxy groups -OCH3 is 1. The molecule has 6 heteroatoms. The second-order valence-electron chi connectivity index (χ2n) is 6.85. The van der Waals surface area contributed by atoms with Gasteiger partial charge in [0.15, 0.2) is 24.1 Å². The normalized spacial score (nSPS) is 25.9. The highest BCUT2D eigenvalue weighted by molar-refractivity contribution is 5.93. The number of benzene rings is 1. The standard InChI is InChI=1S/C20H23FO5/c1-4-5-13-10-20(19(9-16(13)22)25-11-26-20)12(2)6-14-7-17(23)18(24-3)8-15(14)21/h4,7-9,12-13,23H,1,5-6,10-11H2,2-3H3/t12-,13+,20-/m1/s1. The van der Waals surface area contributed by atoms with Crippen LogP contribution in [-0.2, 0) is 20.7 Å². The van der Waals surface area contributed by atoms with Crippen LogP contribution in [0.5, 0.6) is 11.5 Å². The zero-order valence-corrected chi connectivity index (χ0v) is 15.0. The van der Waals surface area contributed by atoms with E-state index in [4.69, 9.17) is 14.2 Å². The summed E-state index contributed by atoms with van der Waals surface area (Å²) in [5.41, 5.74) is -0.416. The summed E-state index contributed by atoms with van der Waals surface area (Å²) in [6.45, 7) is 5.72. The van der Waals surface area contributed by atoms with Gasteiger partial charge in [-0.3, -0.25) is 4.79 Å². The highest BCUT2D eigenvalue weighted by atomic mass is 19.1. The van der Waals surface area contributed by atoms with Crippen LogP contribution >= 0.6 is 0 Å². The summed E-state index contributed by atoms with van der Waals surface area (Å²) in [4.78, 5) is 12.3. The minimum atomic E-state index is -0.774. The maximum Gasteiger partial charge on any atom is 0.189 e. The van der Waals surface area contributed by atoms with E-state index in [0.717, 1.165) is 0 Å². The molecule has 1 fully saturated rings. The number of hydrogen-bond acceptors (Lipinski definition) is 5. The lowest BCUT2D eigenvalue weighted by molar-refractivity contribution is -0.123. The van der Waals surface area contributed by atoms with Gasteiger partial charge in [0.05, 0.1) is 7.11 Å². The molecular weight excluding hydrogens is 339 g/mol. The molecule has 3 rings (SSSR count). The molecule has 0 amide bonds. The molecular formula is C20H23FO5. The minimum absolute atomic E-state index is 0.00139. The molecule has 0 aromatic heterocycles. The Labute approximate surface area is 152 Å². The van der Waals surface area contributed by atoms with E-state index in [-0.39, 0.29) is 35.9 Å². The summed E-state index contributed by atoms with van der Waals surface area (Å²) in [7, 11) is 1.37. The number of allylic oxidation sites excluding steroid dienone is 2. The number of rotatable bonds is 6. The number of carbonyl (C=O) groups is 1. The number of ether oxygens (including phenoxy) is 3. The number of carbonyl (C=O) groups excluding carboxylic acids is 1. The lowest BCUT2D eigenvalue weighted by atomic mass is 9.71. The molecule has 0 saturated carbocycles. The SMILES string of the molecule is C=CC[C@H]1C[C@]2([C@H](C)Cc3cc(O)c(OC)cc3F)OCOC2=CC1=O. The number of ketones is 1. The van der Waals surface area contributed by atoms with Gasteiger partial charge in [-0.25, -0.2) is 4.39 Å². The summed E-state index contributed by atoms with van der Waals surface area (Å²) in [5.74, 6) is -0.367. The second kappa shape index (κ2) is 7.11. The molecule has 0 bridgehead atoms. The first-order valence-electron chi connectivity index (χ1n) is 8.60. The van der Waals surface area contributed by atoms with Gasteiger partial charge in [0.25, 0.3) is 0 Å². The predicted molar refractivity (Wildman–Crippen MR) is 93.3 cm³/mol. The van der Waals surface area contributed by atoms with Gasteiger partial charge in [-0.1, -0.05) is 13.0 Å². The first-order chi connectivity index (χ1) is 12.4. The van der Waals surface area contributed by atoms with Crippen molar-refractivity contribution in [2.75, 3.05) is 13.9 Å². The molecule has 1 aliphatic heterocycles. The number of fused-ring (bicyclic) bond motifs is 1. The van der Waals surface area contributed by atoms with E-state index in [1.807, 2.05) is 6.92 Å². The van der Waals surface area contributed by atoms with Crippen LogP contribution in [0.3, 0.4) is 0 Å². The smallest absolute Gasteiger partial charge is 0.189 e. The maximum absolute atomic E-state index is 14.4. The fraction of sp³-hybridized carbons (Fsp3) is 0.450. The first-order valence-corrected chi connectivity index (χ1v) is 8.60. The summed E-state index contributed by atoms with van der Waals surface area (Å²) < 4.78 is 30.8. The summed E-state index contributed by atoms with van der Waals surface area (Å²) >= 11 is 0. The predicted octanol–water partition coefficient (Wildman–Crippen LogP) is 3.51. The van der Waals surface area contributed by atoms with Crippen molar-refractivity contribution < 1.29 is 28.5 Å². The fourth-order valence-corrected chi connectivity index (χ4v) is 3.82. The molecule has 5 nitrogen and oxygen atoms in total. The van der Waals surface area contributed by atoms with Crippen LogP contribution < -0.4 is 4.74 Å². The summed E-state index contributed by atoms with van der Waals surface area (Å²) in [5, 5.41) is 9.96. The third kappa shape index (κ3) is 3.09. The second-order valence-corrected chi connectivity index (χ2v) is 6.85. The van der Waals surface area contributed by atoms with E-state index in [0.29, 0.717) is 30.6 Å². The molecule has 140 valence electrons. The van der Waals surface area contributed by atoms with E-state index in [2.05, 4.69) is 6.58 Å².